The van der Waals surface area contributed by atoms with Crippen LogP contribution >= 0.6 is 12.4 Å². The Bertz CT molecular complexity index is 540. The number of hydrogen-bond acceptors (Lipinski definition) is 5. The second kappa shape index (κ2) is 6.04. The normalized spacial score (nSPS) is 14.6. The Kier molecular flexibility index (Phi) is 4.39. The van der Waals surface area contributed by atoms with Crippen LogP contribution < -0.4 is 10.1 Å². The van der Waals surface area contributed by atoms with Crippen molar-refractivity contribution in [1.82, 2.24) is 15.5 Å². The minimum Gasteiger partial charge on any atom is -0.496 e. The Labute approximate surface area is 117 Å². The number of rotatable bonds is 4. The molecule has 3 rings (SSSR count). The van der Waals surface area contributed by atoms with Crippen LogP contribution in [0.25, 0.3) is 11.4 Å². The molecule has 0 radical (unpaired) electrons. The highest BCUT2D eigenvalue weighted by Gasteiger charge is 2.21. The molecule has 2 aromatic rings. The maximum atomic E-state index is 5.29. The summed E-state index contributed by atoms with van der Waals surface area (Å²) in [5, 5.41) is 7.25. The van der Waals surface area contributed by atoms with E-state index in [1.54, 1.807) is 7.11 Å². The van der Waals surface area contributed by atoms with Crippen molar-refractivity contribution in [2.24, 2.45) is 5.92 Å². The molecule has 1 fully saturated rings. The third-order valence-electron chi connectivity index (χ3n) is 3.15. The average molecular weight is 282 g/mol. The van der Waals surface area contributed by atoms with Gasteiger partial charge in [-0.2, -0.15) is 4.98 Å². The van der Waals surface area contributed by atoms with E-state index < -0.39 is 0 Å². The first kappa shape index (κ1) is 13.8. The summed E-state index contributed by atoms with van der Waals surface area (Å²) in [6, 6.07) is 7.67. The van der Waals surface area contributed by atoms with E-state index in [0.717, 1.165) is 30.8 Å². The van der Waals surface area contributed by atoms with Gasteiger partial charge in [-0.05, 0) is 31.1 Å². The quantitative estimate of drug-likeness (QED) is 0.928. The minimum atomic E-state index is 0. The molecule has 6 heteroatoms. The molecule has 0 aliphatic carbocycles. The molecule has 19 heavy (non-hydrogen) atoms. The molecule has 0 saturated carbocycles. The number of aromatic nitrogens is 2. The molecule has 1 aliphatic rings. The summed E-state index contributed by atoms with van der Waals surface area (Å²) in [5.74, 6) is 2.67. The lowest BCUT2D eigenvalue weighted by Gasteiger charge is -2.25. The Hall–Kier alpha value is -1.59. The zero-order valence-electron chi connectivity index (χ0n) is 10.6. The summed E-state index contributed by atoms with van der Waals surface area (Å²) >= 11 is 0. The number of nitrogens with one attached hydrogen (secondary N) is 1. The van der Waals surface area contributed by atoms with Gasteiger partial charge in [0.05, 0.1) is 12.7 Å². The number of methoxy groups -OCH3 is 1. The van der Waals surface area contributed by atoms with E-state index in [9.17, 15) is 0 Å². The third-order valence-corrected chi connectivity index (χ3v) is 3.15. The topological polar surface area (TPSA) is 60.2 Å². The van der Waals surface area contributed by atoms with Gasteiger partial charge in [0.15, 0.2) is 0 Å². The molecule has 0 bridgehead atoms. The highest BCUT2D eigenvalue weighted by Crippen LogP contribution is 2.27. The second-order valence-electron chi connectivity index (χ2n) is 4.44. The van der Waals surface area contributed by atoms with Crippen LogP contribution in [0.2, 0.25) is 0 Å². The van der Waals surface area contributed by atoms with Crippen LogP contribution in [0.4, 0.5) is 0 Å². The van der Waals surface area contributed by atoms with Crippen molar-refractivity contribution in [2.75, 3.05) is 20.2 Å². The number of hydrogen-bond donors (Lipinski definition) is 1. The molecule has 1 aromatic carbocycles. The van der Waals surface area contributed by atoms with Crippen LogP contribution in [0.15, 0.2) is 28.8 Å². The van der Waals surface area contributed by atoms with E-state index >= 15 is 0 Å². The molecular formula is C13H16ClN3O2. The van der Waals surface area contributed by atoms with Crippen LogP contribution in [0.5, 0.6) is 5.75 Å². The lowest BCUT2D eigenvalue weighted by atomic mass is 10.00. The summed E-state index contributed by atoms with van der Waals surface area (Å²) in [7, 11) is 1.64. The van der Waals surface area contributed by atoms with Gasteiger partial charge in [0.2, 0.25) is 11.7 Å². The maximum absolute atomic E-state index is 5.29. The fourth-order valence-electron chi connectivity index (χ4n) is 2.02. The first-order valence-electron chi connectivity index (χ1n) is 6.03. The Morgan fingerprint density at radius 2 is 2.16 bits per heavy atom. The SMILES string of the molecule is COc1ccccc1-c1noc(CC2CNC2)n1.Cl. The average Bonchev–Trinajstić information content (AvgIpc) is 2.82. The molecule has 0 amide bonds. The lowest BCUT2D eigenvalue weighted by molar-refractivity contribution is 0.296. The summed E-state index contributed by atoms with van der Waals surface area (Å²) in [6.07, 6.45) is 0.842. The lowest BCUT2D eigenvalue weighted by Crippen LogP contribution is -2.43. The molecule has 0 unspecified atom stereocenters. The van der Waals surface area contributed by atoms with Crippen molar-refractivity contribution in [1.29, 1.82) is 0 Å². The monoisotopic (exact) mass is 281 g/mol. The van der Waals surface area contributed by atoms with E-state index in [1.165, 1.54) is 0 Å². The van der Waals surface area contributed by atoms with Gasteiger partial charge in [0.25, 0.3) is 0 Å². The van der Waals surface area contributed by atoms with E-state index in [2.05, 4.69) is 15.5 Å². The number of para-hydroxylation sites is 1. The highest BCUT2D eigenvalue weighted by molar-refractivity contribution is 5.85. The summed E-state index contributed by atoms with van der Waals surface area (Å²) < 4.78 is 10.6. The van der Waals surface area contributed by atoms with E-state index in [4.69, 9.17) is 9.26 Å². The van der Waals surface area contributed by atoms with Crippen molar-refractivity contribution < 1.29 is 9.26 Å². The fourth-order valence-corrected chi connectivity index (χ4v) is 2.02. The standard InChI is InChI=1S/C13H15N3O2.ClH/c1-17-11-5-3-2-4-10(11)13-15-12(18-16-13)6-9-7-14-8-9;/h2-5,9,14H,6-8H2,1H3;1H. The van der Waals surface area contributed by atoms with Gasteiger partial charge < -0.3 is 14.6 Å². The van der Waals surface area contributed by atoms with Gasteiger partial charge in [0, 0.05) is 6.42 Å². The van der Waals surface area contributed by atoms with Gasteiger partial charge in [-0.25, -0.2) is 0 Å². The van der Waals surface area contributed by atoms with Crippen LogP contribution in [0.3, 0.4) is 0 Å². The molecule has 102 valence electrons. The molecule has 1 N–H and O–H groups in total. The Morgan fingerprint density at radius 3 is 2.84 bits per heavy atom. The second-order valence-corrected chi connectivity index (χ2v) is 4.44. The molecular weight excluding hydrogens is 266 g/mol. The summed E-state index contributed by atoms with van der Waals surface area (Å²) in [6.45, 7) is 2.07. The van der Waals surface area contributed by atoms with Gasteiger partial charge in [-0.1, -0.05) is 17.3 Å². The first-order valence-corrected chi connectivity index (χ1v) is 6.03. The zero-order chi connectivity index (χ0) is 12.4. The molecule has 1 aliphatic heterocycles. The van der Waals surface area contributed by atoms with Crippen molar-refractivity contribution in [2.45, 2.75) is 6.42 Å². The fraction of sp³-hybridized carbons (Fsp3) is 0.385. The van der Waals surface area contributed by atoms with E-state index in [0.29, 0.717) is 17.6 Å². The summed E-state index contributed by atoms with van der Waals surface area (Å²) in [4.78, 5) is 4.43. The number of benzene rings is 1. The summed E-state index contributed by atoms with van der Waals surface area (Å²) in [5.41, 5.74) is 0.863. The van der Waals surface area contributed by atoms with Gasteiger partial charge in [0.1, 0.15) is 5.75 Å². The molecule has 0 spiro atoms. The van der Waals surface area contributed by atoms with Crippen molar-refractivity contribution >= 4 is 12.4 Å². The third kappa shape index (κ3) is 2.88. The van der Waals surface area contributed by atoms with Crippen LogP contribution in [0, 0.1) is 5.92 Å². The minimum absolute atomic E-state index is 0. The molecule has 1 aromatic heterocycles. The largest absolute Gasteiger partial charge is 0.496 e. The number of halogens is 1. The molecule has 5 nitrogen and oxygen atoms in total. The van der Waals surface area contributed by atoms with Crippen molar-refractivity contribution in [3.05, 3.63) is 30.2 Å². The van der Waals surface area contributed by atoms with Crippen LogP contribution in [-0.4, -0.2) is 30.3 Å². The van der Waals surface area contributed by atoms with Gasteiger partial charge in [-0.15, -0.1) is 12.4 Å². The molecule has 2 heterocycles. The molecule has 0 atom stereocenters. The smallest absolute Gasteiger partial charge is 0.227 e. The van der Waals surface area contributed by atoms with E-state index in [1.807, 2.05) is 24.3 Å². The van der Waals surface area contributed by atoms with Crippen LogP contribution in [-0.2, 0) is 6.42 Å². The highest BCUT2D eigenvalue weighted by atomic mass is 35.5. The zero-order valence-corrected chi connectivity index (χ0v) is 11.4. The van der Waals surface area contributed by atoms with Crippen molar-refractivity contribution in [3.63, 3.8) is 0 Å². The van der Waals surface area contributed by atoms with E-state index in [-0.39, 0.29) is 12.4 Å². The van der Waals surface area contributed by atoms with Gasteiger partial charge in [-0.3, -0.25) is 0 Å². The first-order chi connectivity index (χ1) is 8.86. The van der Waals surface area contributed by atoms with Crippen molar-refractivity contribution in [3.8, 4) is 17.1 Å². The Morgan fingerprint density at radius 1 is 1.37 bits per heavy atom. The van der Waals surface area contributed by atoms with Gasteiger partial charge >= 0.3 is 0 Å². The number of nitrogens with zero attached hydrogens (tertiary/aromatic N) is 2. The van der Waals surface area contributed by atoms with Crippen LogP contribution in [0.1, 0.15) is 5.89 Å². The maximum Gasteiger partial charge on any atom is 0.227 e. The predicted octanol–water partition coefficient (Wildman–Crippen LogP) is 1.93. The number of ether oxygens (including phenoxy) is 1. The Balaban J connectivity index is 0.00000133. The predicted molar refractivity (Wildman–Crippen MR) is 73.6 cm³/mol. The molecule has 1 saturated heterocycles.